The third-order valence-electron chi connectivity index (χ3n) is 4.16. The molecule has 7 heteroatoms. The first-order chi connectivity index (χ1) is 10.1. The third kappa shape index (κ3) is 3.18. The fourth-order valence-electron chi connectivity index (χ4n) is 3.11. The number of carbonyl (C=O) groups is 1. The van der Waals surface area contributed by atoms with E-state index in [1.165, 1.54) is 0 Å². The van der Waals surface area contributed by atoms with E-state index in [9.17, 15) is 13.2 Å². The number of rotatable bonds is 2. The maximum absolute atomic E-state index is 12.4. The van der Waals surface area contributed by atoms with E-state index in [2.05, 4.69) is 10.3 Å². The van der Waals surface area contributed by atoms with Gasteiger partial charge in [-0.2, -0.15) is 0 Å². The van der Waals surface area contributed by atoms with Crippen LogP contribution in [0.1, 0.15) is 30.9 Å². The van der Waals surface area contributed by atoms with Gasteiger partial charge < -0.3 is 10.2 Å². The second-order valence-corrected chi connectivity index (χ2v) is 7.91. The van der Waals surface area contributed by atoms with Crippen molar-refractivity contribution in [3.05, 3.63) is 30.1 Å². The Kier molecular flexibility index (Phi) is 3.84. The SMILES string of the molecule is O=C(N[C@H]1CCS(=O)(=O)C1)N1CCC[C@@H]1c1ccncc1. The highest BCUT2D eigenvalue weighted by atomic mass is 32.2. The summed E-state index contributed by atoms with van der Waals surface area (Å²) < 4.78 is 22.9. The molecule has 0 radical (unpaired) electrons. The minimum absolute atomic E-state index is 0.0611. The first-order valence-corrected chi connectivity index (χ1v) is 9.05. The highest BCUT2D eigenvalue weighted by molar-refractivity contribution is 7.91. The molecular formula is C14H19N3O3S. The van der Waals surface area contributed by atoms with Crippen LogP contribution in [0.5, 0.6) is 0 Å². The van der Waals surface area contributed by atoms with Gasteiger partial charge in [0.25, 0.3) is 0 Å². The van der Waals surface area contributed by atoms with E-state index < -0.39 is 9.84 Å². The van der Waals surface area contributed by atoms with E-state index in [0.717, 1.165) is 18.4 Å². The number of aromatic nitrogens is 1. The zero-order chi connectivity index (χ0) is 14.9. The van der Waals surface area contributed by atoms with E-state index in [1.807, 2.05) is 12.1 Å². The molecule has 3 heterocycles. The molecule has 0 unspecified atom stereocenters. The van der Waals surface area contributed by atoms with Gasteiger partial charge in [0.05, 0.1) is 17.5 Å². The fraction of sp³-hybridized carbons (Fsp3) is 0.571. The van der Waals surface area contributed by atoms with Gasteiger partial charge in [0.15, 0.2) is 9.84 Å². The molecule has 2 atom stereocenters. The summed E-state index contributed by atoms with van der Waals surface area (Å²) in [5.41, 5.74) is 1.08. The maximum Gasteiger partial charge on any atom is 0.318 e. The zero-order valence-corrected chi connectivity index (χ0v) is 12.6. The van der Waals surface area contributed by atoms with Crippen molar-refractivity contribution in [2.45, 2.75) is 31.3 Å². The number of carbonyl (C=O) groups excluding carboxylic acids is 1. The minimum atomic E-state index is -2.97. The Morgan fingerprint density at radius 3 is 2.71 bits per heavy atom. The summed E-state index contributed by atoms with van der Waals surface area (Å²) in [7, 11) is -2.97. The molecule has 2 aliphatic rings. The van der Waals surface area contributed by atoms with Gasteiger partial charge in [-0.25, -0.2) is 13.2 Å². The van der Waals surface area contributed by atoms with Gasteiger partial charge >= 0.3 is 6.03 Å². The van der Waals surface area contributed by atoms with Gasteiger partial charge in [-0.15, -0.1) is 0 Å². The van der Waals surface area contributed by atoms with Crippen LogP contribution in [0, 0.1) is 0 Å². The topological polar surface area (TPSA) is 79.4 Å². The third-order valence-corrected chi connectivity index (χ3v) is 5.93. The lowest BCUT2D eigenvalue weighted by molar-refractivity contribution is 0.190. The Bertz CT molecular complexity index is 618. The zero-order valence-electron chi connectivity index (χ0n) is 11.7. The number of hydrogen-bond acceptors (Lipinski definition) is 4. The van der Waals surface area contributed by atoms with E-state index >= 15 is 0 Å². The van der Waals surface area contributed by atoms with Crippen LogP contribution in [0.15, 0.2) is 24.5 Å². The molecule has 0 saturated carbocycles. The molecular weight excluding hydrogens is 290 g/mol. The Morgan fingerprint density at radius 1 is 1.29 bits per heavy atom. The number of nitrogens with zero attached hydrogens (tertiary/aromatic N) is 2. The van der Waals surface area contributed by atoms with E-state index in [0.29, 0.717) is 13.0 Å². The number of amides is 2. The van der Waals surface area contributed by atoms with Crippen molar-refractivity contribution in [3.63, 3.8) is 0 Å². The van der Waals surface area contributed by atoms with Crippen LogP contribution in [0.3, 0.4) is 0 Å². The lowest BCUT2D eigenvalue weighted by Crippen LogP contribution is -2.45. The maximum atomic E-state index is 12.4. The minimum Gasteiger partial charge on any atom is -0.334 e. The van der Waals surface area contributed by atoms with Crippen LogP contribution in [-0.2, 0) is 9.84 Å². The summed E-state index contributed by atoms with van der Waals surface area (Å²) in [6.45, 7) is 0.707. The molecule has 1 aromatic heterocycles. The molecule has 0 bridgehead atoms. The van der Waals surface area contributed by atoms with Crippen LogP contribution in [0.2, 0.25) is 0 Å². The van der Waals surface area contributed by atoms with Gasteiger partial charge in [0.1, 0.15) is 0 Å². The number of urea groups is 1. The molecule has 2 fully saturated rings. The van der Waals surface area contributed by atoms with Gasteiger partial charge in [-0.05, 0) is 37.0 Å². The second kappa shape index (κ2) is 5.63. The van der Waals surface area contributed by atoms with E-state index in [4.69, 9.17) is 0 Å². The smallest absolute Gasteiger partial charge is 0.318 e. The van der Waals surface area contributed by atoms with Crippen LogP contribution in [-0.4, -0.2) is 48.4 Å². The Balaban J connectivity index is 1.67. The molecule has 2 aliphatic heterocycles. The number of pyridine rings is 1. The molecule has 114 valence electrons. The van der Waals surface area contributed by atoms with Gasteiger partial charge in [0, 0.05) is 25.0 Å². The second-order valence-electron chi connectivity index (χ2n) is 5.68. The fourth-order valence-corrected chi connectivity index (χ4v) is 4.78. The van der Waals surface area contributed by atoms with Crippen molar-refractivity contribution in [1.82, 2.24) is 15.2 Å². The summed E-state index contributed by atoms with van der Waals surface area (Å²) in [5.74, 6) is 0.234. The summed E-state index contributed by atoms with van der Waals surface area (Å²) in [5, 5.41) is 2.87. The molecule has 2 amide bonds. The van der Waals surface area contributed by atoms with Crippen LogP contribution in [0.25, 0.3) is 0 Å². The largest absolute Gasteiger partial charge is 0.334 e. The van der Waals surface area contributed by atoms with Crippen molar-refractivity contribution in [1.29, 1.82) is 0 Å². The summed E-state index contributed by atoms with van der Waals surface area (Å²) in [4.78, 5) is 18.2. The number of sulfone groups is 1. The molecule has 3 rings (SSSR count). The molecule has 6 nitrogen and oxygen atoms in total. The first-order valence-electron chi connectivity index (χ1n) is 7.23. The Hall–Kier alpha value is -1.63. The lowest BCUT2D eigenvalue weighted by Gasteiger charge is -2.26. The van der Waals surface area contributed by atoms with E-state index in [1.54, 1.807) is 17.3 Å². The summed E-state index contributed by atoms with van der Waals surface area (Å²) in [6, 6.07) is 3.51. The van der Waals surface area contributed by atoms with E-state index in [-0.39, 0.29) is 29.6 Å². The normalized spacial score (nSPS) is 27.7. The quantitative estimate of drug-likeness (QED) is 0.887. The summed E-state index contributed by atoms with van der Waals surface area (Å²) in [6.07, 6.45) is 5.87. The van der Waals surface area contributed by atoms with Crippen LogP contribution >= 0.6 is 0 Å². The first kappa shape index (κ1) is 14.3. The van der Waals surface area contributed by atoms with Gasteiger partial charge in [-0.3, -0.25) is 4.98 Å². The molecule has 2 saturated heterocycles. The van der Waals surface area contributed by atoms with Crippen molar-refractivity contribution in [2.75, 3.05) is 18.1 Å². The van der Waals surface area contributed by atoms with Crippen LogP contribution < -0.4 is 5.32 Å². The van der Waals surface area contributed by atoms with Crippen molar-refractivity contribution in [2.24, 2.45) is 0 Å². The average molecular weight is 309 g/mol. The van der Waals surface area contributed by atoms with Crippen LogP contribution in [0.4, 0.5) is 4.79 Å². The molecule has 1 N–H and O–H groups in total. The molecule has 21 heavy (non-hydrogen) atoms. The lowest BCUT2D eigenvalue weighted by atomic mass is 10.1. The molecule has 0 spiro atoms. The highest BCUT2D eigenvalue weighted by Gasteiger charge is 2.34. The van der Waals surface area contributed by atoms with Crippen molar-refractivity contribution < 1.29 is 13.2 Å². The average Bonchev–Trinajstić information content (AvgIpc) is 3.06. The predicted molar refractivity (Wildman–Crippen MR) is 78.5 cm³/mol. The summed E-state index contributed by atoms with van der Waals surface area (Å²) >= 11 is 0. The number of likely N-dealkylation sites (tertiary alicyclic amines) is 1. The van der Waals surface area contributed by atoms with Crippen molar-refractivity contribution >= 4 is 15.9 Å². The molecule has 0 aliphatic carbocycles. The standard InChI is InChI=1S/C14H19N3O3S/c18-14(16-12-5-9-21(19,20)10-12)17-8-1-2-13(17)11-3-6-15-7-4-11/h3-4,6-7,12-13H,1-2,5,8-10H2,(H,16,18)/t12-,13+/m0/s1. The van der Waals surface area contributed by atoms with Gasteiger partial charge in [-0.1, -0.05) is 0 Å². The highest BCUT2D eigenvalue weighted by Crippen LogP contribution is 2.31. The molecule has 1 aromatic rings. The predicted octanol–water partition coefficient (Wildman–Crippen LogP) is 1.12. The Labute approximate surface area is 124 Å². The number of nitrogens with one attached hydrogen (secondary N) is 1. The van der Waals surface area contributed by atoms with Crippen molar-refractivity contribution in [3.8, 4) is 0 Å². The molecule has 0 aromatic carbocycles. The Morgan fingerprint density at radius 2 is 2.05 bits per heavy atom. The monoisotopic (exact) mass is 309 g/mol. The van der Waals surface area contributed by atoms with Gasteiger partial charge in [0.2, 0.25) is 0 Å². The number of hydrogen-bond donors (Lipinski definition) is 1.